The van der Waals surface area contributed by atoms with Gasteiger partial charge in [-0.05, 0) is 24.1 Å². The van der Waals surface area contributed by atoms with Crippen LogP contribution in [-0.4, -0.2) is 31.0 Å². The van der Waals surface area contributed by atoms with E-state index < -0.39 is 5.97 Å². The van der Waals surface area contributed by atoms with Crippen molar-refractivity contribution < 1.29 is 19.5 Å². The minimum Gasteiger partial charge on any atom is -0.497 e. The molecule has 0 atom stereocenters. The van der Waals surface area contributed by atoms with Gasteiger partial charge in [0.1, 0.15) is 12.9 Å². The van der Waals surface area contributed by atoms with Crippen LogP contribution in [0.15, 0.2) is 29.4 Å². The first kappa shape index (κ1) is 14.0. The standard InChI is InChI=1S/C13H17NO4/c1-17-12-6-3-10(4-7-12)9-11(14-18-2)5-8-13(15)16/h3-4,6-7H,5,8-9H2,1-2H3,(H,15,16)/b14-11+. The summed E-state index contributed by atoms with van der Waals surface area (Å²) in [6, 6.07) is 7.56. The molecule has 0 saturated carbocycles. The summed E-state index contributed by atoms with van der Waals surface area (Å²) in [6.45, 7) is 0. The molecule has 0 aliphatic carbocycles. The molecule has 0 radical (unpaired) electrons. The highest BCUT2D eigenvalue weighted by Crippen LogP contribution is 2.13. The number of oxime groups is 1. The van der Waals surface area contributed by atoms with Gasteiger partial charge in [-0.15, -0.1) is 0 Å². The van der Waals surface area contributed by atoms with Crippen molar-refractivity contribution in [1.29, 1.82) is 0 Å². The fraction of sp³-hybridized carbons (Fsp3) is 0.385. The Morgan fingerprint density at radius 2 is 1.89 bits per heavy atom. The summed E-state index contributed by atoms with van der Waals surface area (Å²) in [5.41, 5.74) is 1.75. The Labute approximate surface area is 106 Å². The molecule has 0 bridgehead atoms. The molecule has 0 unspecified atom stereocenters. The molecule has 18 heavy (non-hydrogen) atoms. The summed E-state index contributed by atoms with van der Waals surface area (Å²) in [5, 5.41) is 12.5. The lowest BCUT2D eigenvalue weighted by molar-refractivity contribution is -0.136. The molecule has 0 saturated heterocycles. The smallest absolute Gasteiger partial charge is 0.303 e. The van der Waals surface area contributed by atoms with Gasteiger partial charge < -0.3 is 14.7 Å². The second kappa shape index (κ2) is 7.32. The average Bonchev–Trinajstić information content (AvgIpc) is 2.37. The van der Waals surface area contributed by atoms with Crippen molar-refractivity contribution >= 4 is 11.7 Å². The van der Waals surface area contributed by atoms with E-state index in [-0.39, 0.29) is 6.42 Å². The number of hydrogen-bond acceptors (Lipinski definition) is 4. The molecule has 0 aliphatic rings. The number of rotatable bonds is 7. The minimum absolute atomic E-state index is 0.0539. The Bertz CT molecular complexity index is 412. The molecule has 98 valence electrons. The van der Waals surface area contributed by atoms with Gasteiger partial charge in [0.15, 0.2) is 0 Å². The first-order valence-corrected chi connectivity index (χ1v) is 5.59. The number of ether oxygens (including phenoxy) is 1. The van der Waals surface area contributed by atoms with Crippen molar-refractivity contribution in [3.05, 3.63) is 29.8 Å². The van der Waals surface area contributed by atoms with Gasteiger partial charge in [0.05, 0.1) is 19.2 Å². The number of benzene rings is 1. The third kappa shape index (κ3) is 4.86. The zero-order valence-electron chi connectivity index (χ0n) is 10.5. The van der Waals surface area contributed by atoms with Gasteiger partial charge in [-0.25, -0.2) is 0 Å². The van der Waals surface area contributed by atoms with Crippen molar-refractivity contribution in [1.82, 2.24) is 0 Å². The number of carbonyl (C=O) groups is 1. The predicted molar refractivity (Wildman–Crippen MR) is 68.0 cm³/mol. The van der Waals surface area contributed by atoms with Crippen molar-refractivity contribution in [2.24, 2.45) is 5.16 Å². The quantitative estimate of drug-likeness (QED) is 0.595. The number of nitrogens with zero attached hydrogens (tertiary/aromatic N) is 1. The molecule has 0 fully saturated rings. The lowest BCUT2D eigenvalue weighted by atomic mass is 10.1. The molecule has 0 heterocycles. The number of aliphatic carboxylic acids is 1. The minimum atomic E-state index is -0.839. The van der Waals surface area contributed by atoms with Crippen LogP contribution in [-0.2, 0) is 16.1 Å². The molecule has 0 aromatic heterocycles. The fourth-order valence-corrected chi connectivity index (χ4v) is 1.53. The second-order valence-electron chi connectivity index (χ2n) is 3.76. The summed E-state index contributed by atoms with van der Waals surface area (Å²) < 4.78 is 5.07. The lowest BCUT2D eigenvalue weighted by Crippen LogP contribution is -2.07. The Kier molecular flexibility index (Phi) is 5.70. The van der Waals surface area contributed by atoms with Crippen LogP contribution in [0, 0.1) is 0 Å². The van der Waals surface area contributed by atoms with E-state index in [2.05, 4.69) is 5.16 Å². The van der Waals surface area contributed by atoms with E-state index >= 15 is 0 Å². The highest BCUT2D eigenvalue weighted by atomic mass is 16.6. The topological polar surface area (TPSA) is 68.1 Å². The highest BCUT2D eigenvalue weighted by Gasteiger charge is 2.06. The number of carboxylic acid groups (broad SMARTS) is 1. The number of carboxylic acids is 1. The summed E-state index contributed by atoms with van der Waals surface area (Å²) in [4.78, 5) is 15.3. The van der Waals surface area contributed by atoms with Gasteiger partial charge in [-0.1, -0.05) is 17.3 Å². The lowest BCUT2D eigenvalue weighted by Gasteiger charge is -2.05. The molecule has 5 nitrogen and oxygen atoms in total. The largest absolute Gasteiger partial charge is 0.497 e. The molecular formula is C13H17NO4. The molecule has 1 rings (SSSR count). The maximum atomic E-state index is 10.5. The Morgan fingerprint density at radius 3 is 2.39 bits per heavy atom. The second-order valence-corrected chi connectivity index (χ2v) is 3.76. The van der Waals surface area contributed by atoms with Crippen LogP contribution in [0.5, 0.6) is 5.75 Å². The van der Waals surface area contributed by atoms with Crippen LogP contribution in [0.1, 0.15) is 18.4 Å². The van der Waals surface area contributed by atoms with E-state index in [1.165, 1.54) is 7.11 Å². The van der Waals surface area contributed by atoms with E-state index in [1.54, 1.807) is 7.11 Å². The van der Waals surface area contributed by atoms with Crippen LogP contribution in [0.2, 0.25) is 0 Å². The van der Waals surface area contributed by atoms with E-state index in [1.807, 2.05) is 24.3 Å². The Balaban J connectivity index is 2.64. The van der Waals surface area contributed by atoms with Gasteiger partial charge in [0.25, 0.3) is 0 Å². The fourth-order valence-electron chi connectivity index (χ4n) is 1.53. The van der Waals surface area contributed by atoms with Crippen LogP contribution in [0.25, 0.3) is 0 Å². The number of hydrogen-bond donors (Lipinski definition) is 1. The van der Waals surface area contributed by atoms with Crippen molar-refractivity contribution in [2.75, 3.05) is 14.2 Å². The molecule has 1 aromatic carbocycles. The molecule has 1 aromatic rings. The van der Waals surface area contributed by atoms with Gasteiger partial charge in [0, 0.05) is 6.42 Å². The molecule has 5 heteroatoms. The summed E-state index contributed by atoms with van der Waals surface area (Å²) in [7, 11) is 3.06. The zero-order valence-corrected chi connectivity index (χ0v) is 10.5. The molecule has 0 aliphatic heterocycles. The summed E-state index contributed by atoms with van der Waals surface area (Å²) in [6.07, 6.45) is 1.01. The predicted octanol–water partition coefficient (Wildman–Crippen LogP) is 2.10. The van der Waals surface area contributed by atoms with Crippen LogP contribution in [0.4, 0.5) is 0 Å². The third-order valence-electron chi connectivity index (χ3n) is 2.42. The van der Waals surface area contributed by atoms with E-state index in [0.717, 1.165) is 11.3 Å². The molecule has 0 spiro atoms. The van der Waals surface area contributed by atoms with Crippen molar-refractivity contribution in [2.45, 2.75) is 19.3 Å². The third-order valence-corrected chi connectivity index (χ3v) is 2.42. The maximum Gasteiger partial charge on any atom is 0.303 e. The van der Waals surface area contributed by atoms with Crippen LogP contribution in [0.3, 0.4) is 0 Å². The van der Waals surface area contributed by atoms with Crippen molar-refractivity contribution in [3.8, 4) is 5.75 Å². The monoisotopic (exact) mass is 251 g/mol. The first-order valence-electron chi connectivity index (χ1n) is 5.59. The SMILES string of the molecule is CO/N=C(\CCC(=O)O)Cc1ccc(OC)cc1. The Hall–Kier alpha value is -2.04. The van der Waals surface area contributed by atoms with Crippen LogP contribution < -0.4 is 4.74 Å². The van der Waals surface area contributed by atoms with Gasteiger partial charge in [0.2, 0.25) is 0 Å². The molecule has 0 amide bonds. The Morgan fingerprint density at radius 1 is 1.22 bits per heavy atom. The summed E-state index contributed by atoms with van der Waals surface area (Å²) in [5.74, 6) is -0.0527. The van der Waals surface area contributed by atoms with Crippen LogP contribution >= 0.6 is 0 Å². The van der Waals surface area contributed by atoms with Gasteiger partial charge >= 0.3 is 5.97 Å². The highest BCUT2D eigenvalue weighted by molar-refractivity contribution is 5.88. The number of methoxy groups -OCH3 is 1. The average molecular weight is 251 g/mol. The van der Waals surface area contributed by atoms with Gasteiger partial charge in [-0.3, -0.25) is 4.79 Å². The van der Waals surface area contributed by atoms with Crippen molar-refractivity contribution in [3.63, 3.8) is 0 Å². The molecule has 1 N–H and O–H groups in total. The van der Waals surface area contributed by atoms with E-state index in [0.29, 0.717) is 18.6 Å². The zero-order chi connectivity index (χ0) is 13.4. The first-order chi connectivity index (χ1) is 8.65. The van der Waals surface area contributed by atoms with E-state index in [4.69, 9.17) is 14.7 Å². The normalized spacial score (nSPS) is 11.1. The van der Waals surface area contributed by atoms with Gasteiger partial charge in [-0.2, -0.15) is 0 Å². The summed E-state index contributed by atoms with van der Waals surface area (Å²) >= 11 is 0. The van der Waals surface area contributed by atoms with E-state index in [9.17, 15) is 4.79 Å². The maximum absolute atomic E-state index is 10.5. The molecular weight excluding hydrogens is 234 g/mol.